The summed E-state index contributed by atoms with van der Waals surface area (Å²) in [5, 5.41) is 0.566. The summed E-state index contributed by atoms with van der Waals surface area (Å²) in [6.07, 6.45) is 1.64. The molecule has 0 radical (unpaired) electrons. The lowest BCUT2D eigenvalue weighted by Crippen LogP contribution is -2.16. The molecule has 0 amide bonds. The molecule has 0 fully saturated rings. The second kappa shape index (κ2) is 5.27. The van der Waals surface area contributed by atoms with E-state index in [0.29, 0.717) is 17.1 Å². The van der Waals surface area contributed by atoms with Crippen LogP contribution in [0.3, 0.4) is 0 Å². The number of furan rings is 1. The minimum Gasteiger partial charge on any atom is -0.467 e. The van der Waals surface area contributed by atoms with Crippen molar-refractivity contribution >= 4 is 23.1 Å². The van der Waals surface area contributed by atoms with Gasteiger partial charge in [-0.2, -0.15) is 0 Å². The lowest BCUT2D eigenvalue weighted by molar-refractivity contribution is 0.101. The maximum absolute atomic E-state index is 11.2. The van der Waals surface area contributed by atoms with E-state index in [1.54, 1.807) is 18.4 Å². The van der Waals surface area contributed by atoms with E-state index in [2.05, 4.69) is 0 Å². The lowest BCUT2D eigenvalue weighted by atomic mass is 10.1. The Hall–Kier alpha value is -1.74. The van der Waals surface area contributed by atoms with E-state index in [0.717, 1.165) is 11.4 Å². The zero-order valence-corrected chi connectivity index (χ0v) is 11.1. The van der Waals surface area contributed by atoms with Gasteiger partial charge in [-0.05, 0) is 37.3 Å². The number of Topliss-reactive ketones (excluding diaryl/α,β-unsaturated/α-hetero) is 1. The fourth-order valence-electron chi connectivity index (χ4n) is 1.76. The van der Waals surface area contributed by atoms with Crippen molar-refractivity contribution < 1.29 is 9.21 Å². The van der Waals surface area contributed by atoms with Gasteiger partial charge in [0.15, 0.2) is 5.78 Å². The summed E-state index contributed by atoms with van der Waals surface area (Å²) in [5.74, 6) is 0.876. The van der Waals surface area contributed by atoms with Gasteiger partial charge in [-0.25, -0.2) is 0 Å². The van der Waals surface area contributed by atoms with Crippen LogP contribution in [-0.2, 0) is 6.54 Å². The molecule has 2 rings (SSSR count). The molecule has 0 aliphatic rings. The molecule has 0 aliphatic heterocycles. The lowest BCUT2D eigenvalue weighted by Gasteiger charge is -2.19. The van der Waals surface area contributed by atoms with Crippen LogP contribution in [0.2, 0.25) is 5.02 Å². The molecular formula is C14H14ClNO2. The monoisotopic (exact) mass is 263 g/mol. The first kappa shape index (κ1) is 12.7. The average molecular weight is 264 g/mol. The maximum atomic E-state index is 11.2. The van der Waals surface area contributed by atoms with E-state index in [4.69, 9.17) is 16.0 Å². The molecule has 1 aromatic carbocycles. The van der Waals surface area contributed by atoms with Gasteiger partial charge in [0.05, 0.1) is 23.5 Å². The van der Waals surface area contributed by atoms with Gasteiger partial charge in [0.25, 0.3) is 0 Å². The van der Waals surface area contributed by atoms with Gasteiger partial charge in [0.2, 0.25) is 0 Å². The molecule has 4 heteroatoms. The fourth-order valence-corrected chi connectivity index (χ4v) is 2.08. The zero-order valence-electron chi connectivity index (χ0n) is 10.3. The summed E-state index contributed by atoms with van der Waals surface area (Å²) in [5.41, 5.74) is 1.49. The number of carbonyl (C=O) groups excluding carboxylic acids is 1. The number of carbonyl (C=O) groups is 1. The molecule has 0 saturated heterocycles. The quantitative estimate of drug-likeness (QED) is 0.788. The molecule has 0 spiro atoms. The molecule has 0 aliphatic carbocycles. The van der Waals surface area contributed by atoms with Crippen molar-refractivity contribution in [2.45, 2.75) is 13.5 Å². The molecule has 0 atom stereocenters. The van der Waals surface area contributed by atoms with Crippen molar-refractivity contribution in [2.24, 2.45) is 0 Å². The van der Waals surface area contributed by atoms with Crippen LogP contribution >= 0.6 is 11.6 Å². The van der Waals surface area contributed by atoms with Crippen molar-refractivity contribution in [3.8, 4) is 0 Å². The number of anilines is 1. The smallest absolute Gasteiger partial charge is 0.159 e. The first-order valence-corrected chi connectivity index (χ1v) is 5.99. The molecule has 1 aromatic heterocycles. The Morgan fingerprint density at radius 3 is 2.72 bits per heavy atom. The van der Waals surface area contributed by atoms with Crippen LogP contribution in [0.4, 0.5) is 5.69 Å². The van der Waals surface area contributed by atoms with E-state index < -0.39 is 0 Å². The van der Waals surface area contributed by atoms with Gasteiger partial charge in [-0.3, -0.25) is 4.79 Å². The molecule has 0 bridgehead atoms. The van der Waals surface area contributed by atoms with E-state index in [-0.39, 0.29) is 5.78 Å². The van der Waals surface area contributed by atoms with Crippen LogP contribution in [-0.4, -0.2) is 12.8 Å². The Kier molecular flexibility index (Phi) is 3.72. The van der Waals surface area contributed by atoms with Crippen LogP contribution in [0, 0.1) is 0 Å². The van der Waals surface area contributed by atoms with Crippen LogP contribution < -0.4 is 4.90 Å². The number of hydrogen-bond donors (Lipinski definition) is 0. The fraction of sp³-hybridized carbons (Fsp3) is 0.214. The largest absolute Gasteiger partial charge is 0.467 e. The molecule has 94 valence electrons. The summed E-state index contributed by atoms with van der Waals surface area (Å²) in [4.78, 5) is 13.2. The molecule has 3 nitrogen and oxygen atoms in total. The van der Waals surface area contributed by atoms with Crippen molar-refractivity contribution in [1.82, 2.24) is 0 Å². The third kappa shape index (κ3) is 2.74. The summed E-state index contributed by atoms with van der Waals surface area (Å²) < 4.78 is 5.29. The topological polar surface area (TPSA) is 33.5 Å². The Balaban J connectivity index is 2.20. The number of ketones is 1. The third-order valence-electron chi connectivity index (χ3n) is 2.74. The first-order valence-electron chi connectivity index (χ1n) is 5.62. The standard InChI is InChI=1S/C14H14ClNO2/c1-10(17)11-5-6-14(13(15)8-11)16(2)9-12-4-3-7-18-12/h3-8H,9H2,1-2H3. The van der Waals surface area contributed by atoms with Crippen molar-refractivity contribution in [3.63, 3.8) is 0 Å². The first-order chi connectivity index (χ1) is 8.58. The molecule has 18 heavy (non-hydrogen) atoms. The molecule has 0 N–H and O–H groups in total. The highest BCUT2D eigenvalue weighted by molar-refractivity contribution is 6.33. The normalized spacial score (nSPS) is 10.4. The van der Waals surface area contributed by atoms with Crippen molar-refractivity contribution in [3.05, 3.63) is 52.9 Å². The summed E-state index contributed by atoms with van der Waals surface area (Å²) in [6.45, 7) is 2.16. The van der Waals surface area contributed by atoms with Gasteiger partial charge in [-0.1, -0.05) is 11.6 Å². The number of nitrogens with zero attached hydrogens (tertiary/aromatic N) is 1. The SMILES string of the molecule is CC(=O)c1ccc(N(C)Cc2ccco2)c(Cl)c1. The highest BCUT2D eigenvalue weighted by Gasteiger charge is 2.10. The minimum absolute atomic E-state index is 0.0112. The second-order valence-corrected chi connectivity index (χ2v) is 4.57. The zero-order chi connectivity index (χ0) is 13.1. The second-order valence-electron chi connectivity index (χ2n) is 4.16. The maximum Gasteiger partial charge on any atom is 0.159 e. The Bertz CT molecular complexity index is 549. The van der Waals surface area contributed by atoms with Gasteiger partial charge in [-0.15, -0.1) is 0 Å². The molecular weight excluding hydrogens is 250 g/mol. The van der Waals surface area contributed by atoms with Crippen LogP contribution in [0.1, 0.15) is 23.0 Å². The predicted octanol–water partition coefficient (Wildman–Crippen LogP) is 3.77. The van der Waals surface area contributed by atoms with Gasteiger partial charge in [0, 0.05) is 12.6 Å². The van der Waals surface area contributed by atoms with Crippen LogP contribution in [0.5, 0.6) is 0 Å². The highest BCUT2D eigenvalue weighted by atomic mass is 35.5. The Labute approximate surface area is 111 Å². The van der Waals surface area contributed by atoms with Gasteiger partial charge in [0.1, 0.15) is 5.76 Å². The third-order valence-corrected chi connectivity index (χ3v) is 3.04. The van der Waals surface area contributed by atoms with E-state index in [9.17, 15) is 4.79 Å². The van der Waals surface area contributed by atoms with Gasteiger partial charge >= 0.3 is 0 Å². The number of halogens is 1. The highest BCUT2D eigenvalue weighted by Crippen LogP contribution is 2.27. The Morgan fingerprint density at radius 1 is 1.39 bits per heavy atom. The van der Waals surface area contributed by atoms with Crippen molar-refractivity contribution in [1.29, 1.82) is 0 Å². The van der Waals surface area contributed by atoms with Gasteiger partial charge < -0.3 is 9.32 Å². The van der Waals surface area contributed by atoms with E-state index in [1.807, 2.05) is 30.1 Å². The van der Waals surface area contributed by atoms with E-state index >= 15 is 0 Å². The summed E-state index contributed by atoms with van der Waals surface area (Å²) in [7, 11) is 1.93. The number of rotatable bonds is 4. The summed E-state index contributed by atoms with van der Waals surface area (Å²) >= 11 is 6.18. The molecule has 2 aromatic rings. The number of benzene rings is 1. The summed E-state index contributed by atoms with van der Waals surface area (Å²) in [6, 6.07) is 9.08. The molecule has 0 unspecified atom stereocenters. The average Bonchev–Trinajstić information content (AvgIpc) is 2.81. The van der Waals surface area contributed by atoms with Crippen molar-refractivity contribution in [2.75, 3.05) is 11.9 Å². The number of hydrogen-bond acceptors (Lipinski definition) is 3. The Morgan fingerprint density at radius 2 is 2.17 bits per heavy atom. The molecule has 1 heterocycles. The molecule has 0 saturated carbocycles. The van der Waals surface area contributed by atoms with E-state index in [1.165, 1.54) is 6.92 Å². The predicted molar refractivity (Wildman–Crippen MR) is 72.3 cm³/mol. The van der Waals surface area contributed by atoms with Crippen LogP contribution in [0.15, 0.2) is 41.0 Å². The van der Waals surface area contributed by atoms with Crippen LogP contribution in [0.25, 0.3) is 0 Å². The minimum atomic E-state index is 0.0112.